The van der Waals surface area contributed by atoms with Gasteiger partial charge in [-0.25, -0.2) is 9.78 Å². The van der Waals surface area contributed by atoms with Crippen molar-refractivity contribution in [3.8, 4) is 0 Å². The smallest absolute Gasteiger partial charge is 0.475 e. The van der Waals surface area contributed by atoms with Gasteiger partial charge in [-0.1, -0.05) is 24.3 Å². The van der Waals surface area contributed by atoms with Gasteiger partial charge in [-0.3, -0.25) is 9.59 Å². The van der Waals surface area contributed by atoms with E-state index < -0.39 is 12.1 Å². The Kier molecular flexibility index (Phi) is 7.12. The molecule has 2 aromatic carbocycles. The molecule has 0 radical (unpaired) electrons. The number of fused-ring (bicyclic) bond motifs is 2. The fourth-order valence-electron chi connectivity index (χ4n) is 3.39. The number of anilines is 1. The van der Waals surface area contributed by atoms with E-state index in [4.69, 9.17) is 9.90 Å². The second-order valence-electron chi connectivity index (χ2n) is 7.50. The Morgan fingerprint density at radius 1 is 1.21 bits per heavy atom. The molecule has 0 aliphatic carbocycles. The van der Waals surface area contributed by atoms with E-state index in [1.165, 1.54) is 22.0 Å². The SMILES string of the molecule is Cn1cnc2cc(NC(=O)C[C@@H]3Cc4ccccc4CN3)ccc2c1=O.O=C(O)C(F)(F)F. The van der Waals surface area contributed by atoms with Gasteiger partial charge < -0.3 is 20.3 Å². The first-order valence-corrected chi connectivity index (χ1v) is 9.90. The predicted octanol–water partition coefficient (Wildman–Crippen LogP) is 2.61. The molecule has 8 nitrogen and oxygen atoms in total. The molecule has 0 spiro atoms. The van der Waals surface area contributed by atoms with Crippen LogP contribution < -0.4 is 16.2 Å². The summed E-state index contributed by atoms with van der Waals surface area (Å²) in [7, 11) is 1.67. The summed E-state index contributed by atoms with van der Waals surface area (Å²) in [4.78, 5) is 37.6. The second-order valence-corrected chi connectivity index (χ2v) is 7.50. The van der Waals surface area contributed by atoms with Crippen molar-refractivity contribution in [2.75, 3.05) is 5.32 Å². The number of aliphatic carboxylic acids is 1. The van der Waals surface area contributed by atoms with E-state index in [0.717, 1.165) is 13.0 Å². The number of nitrogens with one attached hydrogen (secondary N) is 2. The number of carboxylic acids is 1. The average Bonchev–Trinajstić information content (AvgIpc) is 2.76. The molecular weight excluding hydrogens is 441 g/mol. The van der Waals surface area contributed by atoms with Crippen LogP contribution in [0.3, 0.4) is 0 Å². The zero-order valence-corrected chi connectivity index (χ0v) is 17.5. The zero-order chi connectivity index (χ0) is 24.2. The first-order valence-electron chi connectivity index (χ1n) is 9.90. The Morgan fingerprint density at radius 2 is 1.88 bits per heavy atom. The Balaban J connectivity index is 0.000000383. The molecule has 0 bridgehead atoms. The third kappa shape index (κ3) is 6.16. The lowest BCUT2D eigenvalue weighted by Crippen LogP contribution is -2.38. The number of aromatic nitrogens is 2. The number of hydrogen-bond acceptors (Lipinski definition) is 5. The highest BCUT2D eigenvalue weighted by Gasteiger charge is 2.38. The lowest BCUT2D eigenvalue weighted by molar-refractivity contribution is -0.192. The van der Waals surface area contributed by atoms with Gasteiger partial charge in [-0.2, -0.15) is 13.2 Å². The van der Waals surface area contributed by atoms with E-state index in [2.05, 4.69) is 27.8 Å². The molecule has 3 aromatic rings. The molecule has 174 valence electrons. The summed E-state index contributed by atoms with van der Waals surface area (Å²) in [6.07, 6.45) is -2.35. The van der Waals surface area contributed by atoms with E-state index in [-0.39, 0.29) is 17.5 Å². The first-order chi connectivity index (χ1) is 15.5. The number of carboxylic acid groups (broad SMARTS) is 1. The summed E-state index contributed by atoms with van der Waals surface area (Å²) in [5, 5.41) is 14.0. The number of carbonyl (C=O) groups is 2. The van der Waals surface area contributed by atoms with Gasteiger partial charge in [0.15, 0.2) is 0 Å². The maximum absolute atomic E-state index is 12.4. The topological polar surface area (TPSA) is 113 Å². The molecule has 33 heavy (non-hydrogen) atoms. The maximum atomic E-state index is 12.4. The molecule has 11 heteroatoms. The lowest BCUT2D eigenvalue weighted by Gasteiger charge is -2.25. The second kappa shape index (κ2) is 9.82. The minimum absolute atomic E-state index is 0.0509. The van der Waals surface area contributed by atoms with Crippen molar-refractivity contribution < 1.29 is 27.9 Å². The molecule has 4 rings (SSSR count). The molecule has 2 heterocycles. The molecule has 0 unspecified atom stereocenters. The monoisotopic (exact) mass is 462 g/mol. The third-order valence-electron chi connectivity index (χ3n) is 5.04. The molecule has 0 saturated heterocycles. The lowest BCUT2D eigenvalue weighted by atomic mass is 9.94. The van der Waals surface area contributed by atoms with E-state index >= 15 is 0 Å². The standard InChI is InChI=1S/C20H20N4O2.C2HF3O2/c1-24-12-22-18-9-15(6-7-17(18)20(24)26)23-19(25)10-16-8-13-4-2-3-5-14(13)11-21-16;3-2(4,5)1(6)7/h2-7,9,12,16,21H,8,10-11H2,1H3,(H,23,25);(H,6,7)/t16-;/m0./s1. The summed E-state index contributed by atoms with van der Waals surface area (Å²) in [5.74, 6) is -2.81. The Bertz CT molecular complexity index is 1240. The van der Waals surface area contributed by atoms with Crippen LogP contribution in [0, 0.1) is 0 Å². The van der Waals surface area contributed by atoms with Crippen LogP contribution in [0.4, 0.5) is 18.9 Å². The van der Waals surface area contributed by atoms with E-state index in [0.29, 0.717) is 23.0 Å². The van der Waals surface area contributed by atoms with E-state index in [1.54, 1.807) is 25.2 Å². The van der Waals surface area contributed by atoms with Crippen molar-refractivity contribution in [2.24, 2.45) is 7.05 Å². The Labute approximate surface area is 186 Å². The summed E-state index contributed by atoms with van der Waals surface area (Å²) in [6.45, 7) is 0.789. The van der Waals surface area contributed by atoms with Gasteiger partial charge in [0.2, 0.25) is 5.91 Å². The average molecular weight is 462 g/mol. The van der Waals surface area contributed by atoms with Gasteiger partial charge in [0.1, 0.15) is 0 Å². The van der Waals surface area contributed by atoms with E-state index in [1.807, 2.05) is 12.1 Å². The van der Waals surface area contributed by atoms with Gasteiger partial charge in [0.25, 0.3) is 5.56 Å². The molecule has 1 amide bonds. The molecule has 0 saturated carbocycles. The summed E-state index contributed by atoms with van der Waals surface area (Å²) >= 11 is 0. The molecule has 1 aliphatic heterocycles. The minimum atomic E-state index is -5.08. The number of benzene rings is 2. The van der Waals surface area contributed by atoms with Gasteiger partial charge in [-0.15, -0.1) is 0 Å². The number of carbonyl (C=O) groups excluding carboxylic acids is 1. The number of nitrogens with zero attached hydrogens (tertiary/aromatic N) is 2. The van der Waals surface area contributed by atoms with Crippen LogP contribution in [0.15, 0.2) is 53.6 Å². The molecular formula is C22H21F3N4O4. The highest BCUT2D eigenvalue weighted by atomic mass is 19.4. The summed E-state index contributed by atoms with van der Waals surface area (Å²) in [6, 6.07) is 13.6. The number of aryl methyl sites for hydroxylation is 1. The van der Waals surface area contributed by atoms with Crippen molar-refractivity contribution in [3.05, 3.63) is 70.3 Å². The minimum Gasteiger partial charge on any atom is -0.475 e. The Hall–Kier alpha value is -3.73. The predicted molar refractivity (Wildman–Crippen MR) is 115 cm³/mol. The zero-order valence-electron chi connectivity index (χ0n) is 17.5. The van der Waals surface area contributed by atoms with E-state index in [9.17, 15) is 22.8 Å². The van der Waals surface area contributed by atoms with Crippen molar-refractivity contribution >= 4 is 28.5 Å². The first kappa shape index (κ1) is 23.9. The number of rotatable bonds is 3. The molecule has 1 atom stereocenters. The fourth-order valence-corrected chi connectivity index (χ4v) is 3.39. The van der Waals surface area contributed by atoms with Crippen LogP contribution in [-0.4, -0.2) is 38.8 Å². The largest absolute Gasteiger partial charge is 0.490 e. The third-order valence-corrected chi connectivity index (χ3v) is 5.04. The van der Waals surface area contributed by atoms with Gasteiger partial charge in [-0.05, 0) is 35.7 Å². The van der Waals surface area contributed by atoms with Crippen LogP contribution in [0.1, 0.15) is 17.5 Å². The van der Waals surface area contributed by atoms with Crippen molar-refractivity contribution in [3.63, 3.8) is 0 Å². The van der Waals surface area contributed by atoms with Crippen molar-refractivity contribution in [2.45, 2.75) is 31.6 Å². The quantitative estimate of drug-likeness (QED) is 0.552. The van der Waals surface area contributed by atoms with Gasteiger partial charge in [0, 0.05) is 31.7 Å². The van der Waals surface area contributed by atoms with Crippen LogP contribution in [0.5, 0.6) is 0 Å². The van der Waals surface area contributed by atoms with Gasteiger partial charge >= 0.3 is 12.1 Å². The molecule has 1 aromatic heterocycles. The van der Waals surface area contributed by atoms with Crippen LogP contribution in [0.25, 0.3) is 10.9 Å². The van der Waals surface area contributed by atoms with Crippen LogP contribution in [0.2, 0.25) is 0 Å². The number of amides is 1. The summed E-state index contributed by atoms with van der Waals surface area (Å²) < 4.78 is 33.2. The Morgan fingerprint density at radius 3 is 2.55 bits per heavy atom. The number of alkyl halides is 3. The molecule has 0 fully saturated rings. The molecule has 3 N–H and O–H groups in total. The normalized spacial score (nSPS) is 15.2. The van der Waals surface area contributed by atoms with Crippen molar-refractivity contribution in [1.82, 2.24) is 14.9 Å². The van der Waals surface area contributed by atoms with Crippen LogP contribution in [-0.2, 0) is 29.6 Å². The van der Waals surface area contributed by atoms with Crippen molar-refractivity contribution in [1.29, 1.82) is 0 Å². The highest BCUT2D eigenvalue weighted by molar-refractivity contribution is 5.93. The number of hydrogen-bond donors (Lipinski definition) is 3. The summed E-state index contributed by atoms with van der Waals surface area (Å²) in [5.41, 5.74) is 3.73. The maximum Gasteiger partial charge on any atom is 0.490 e. The van der Waals surface area contributed by atoms with Gasteiger partial charge in [0.05, 0.1) is 17.2 Å². The highest BCUT2D eigenvalue weighted by Crippen LogP contribution is 2.19. The van der Waals surface area contributed by atoms with Crippen LogP contribution >= 0.6 is 0 Å². The molecule has 1 aliphatic rings. The number of halogens is 3. The fraction of sp³-hybridized carbons (Fsp3) is 0.273.